The monoisotopic (exact) mass is 391 g/mol. The Balaban J connectivity index is 1.42. The third-order valence-electron chi connectivity index (χ3n) is 4.98. The Morgan fingerprint density at radius 2 is 1.87 bits per heavy atom. The first-order chi connectivity index (χ1) is 14.8. The molecular formula is C25H17N3O2. The molecule has 144 valence electrons. The second-order valence-corrected chi connectivity index (χ2v) is 6.99. The van der Waals surface area contributed by atoms with Crippen LogP contribution in [0.1, 0.15) is 22.7 Å². The van der Waals surface area contributed by atoms with E-state index in [4.69, 9.17) is 9.15 Å². The molecule has 5 heteroatoms. The third kappa shape index (κ3) is 3.47. The lowest BCUT2D eigenvalue weighted by molar-refractivity contribution is 0.353. The van der Waals surface area contributed by atoms with E-state index in [1.165, 1.54) is 0 Å². The second kappa shape index (κ2) is 7.69. The van der Waals surface area contributed by atoms with E-state index in [1.54, 1.807) is 6.21 Å². The Hall–Kier alpha value is -4.17. The van der Waals surface area contributed by atoms with Crippen molar-refractivity contribution in [3.05, 3.63) is 95.0 Å². The van der Waals surface area contributed by atoms with Crippen LogP contribution in [0.25, 0.3) is 16.8 Å². The topological polar surface area (TPSA) is 71.4 Å². The molecule has 5 rings (SSSR count). The van der Waals surface area contributed by atoms with E-state index in [2.05, 4.69) is 34.2 Å². The maximum atomic E-state index is 9.45. The molecule has 2 heterocycles. The molecule has 0 saturated carbocycles. The standard InChI is InChI=1S/C25H17N3O2/c26-14-22-25(27-15-17-12-20-7-2-4-11-23(20)29-16-17)30-24(28-22)13-19-9-5-8-18-6-1-3-10-21(18)19/h1-12,15H,13,16H2. The molecule has 0 N–H and O–H groups in total. The molecule has 0 fully saturated rings. The maximum Gasteiger partial charge on any atom is 0.257 e. The van der Waals surface area contributed by atoms with Crippen molar-refractivity contribution < 1.29 is 9.15 Å². The number of aromatic nitrogens is 1. The van der Waals surface area contributed by atoms with E-state index in [9.17, 15) is 5.26 Å². The Labute approximate surface area is 173 Å². The summed E-state index contributed by atoms with van der Waals surface area (Å²) in [6, 6.07) is 24.2. The Morgan fingerprint density at radius 3 is 2.80 bits per heavy atom. The van der Waals surface area contributed by atoms with Crippen LogP contribution in [0.5, 0.6) is 5.75 Å². The first-order valence-electron chi connectivity index (χ1n) is 9.63. The minimum Gasteiger partial charge on any atom is -0.488 e. The Kier molecular flexibility index (Phi) is 4.59. The largest absolute Gasteiger partial charge is 0.488 e. The number of hydrogen-bond donors (Lipinski definition) is 0. The molecule has 1 aromatic heterocycles. The number of aliphatic imine (C=N–C) groups is 1. The second-order valence-electron chi connectivity index (χ2n) is 6.99. The van der Waals surface area contributed by atoms with E-state index in [0.717, 1.165) is 33.2 Å². The zero-order valence-electron chi connectivity index (χ0n) is 16.1. The minimum atomic E-state index is 0.180. The zero-order valence-corrected chi connectivity index (χ0v) is 16.1. The first-order valence-corrected chi connectivity index (χ1v) is 9.63. The number of nitrogens with zero attached hydrogens (tertiary/aromatic N) is 3. The summed E-state index contributed by atoms with van der Waals surface area (Å²) in [5, 5.41) is 11.8. The summed E-state index contributed by atoms with van der Waals surface area (Å²) < 4.78 is 11.6. The van der Waals surface area contributed by atoms with E-state index in [1.807, 2.05) is 54.6 Å². The Bertz CT molecular complexity index is 1340. The molecule has 0 aliphatic carbocycles. The number of benzene rings is 3. The van der Waals surface area contributed by atoms with Gasteiger partial charge < -0.3 is 9.15 Å². The molecular weight excluding hydrogens is 374 g/mol. The number of hydrogen-bond acceptors (Lipinski definition) is 5. The fourth-order valence-electron chi connectivity index (χ4n) is 3.55. The number of oxazole rings is 1. The highest BCUT2D eigenvalue weighted by molar-refractivity contribution is 5.89. The quantitative estimate of drug-likeness (QED) is 0.433. The van der Waals surface area contributed by atoms with Crippen LogP contribution < -0.4 is 4.74 Å². The van der Waals surface area contributed by atoms with Crippen LogP contribution in [0.15, 0.2) is 81.7 Å². The van der Waals surface area contributed by atoms with Gasteiger partial charge in [0.1, 0.15) is 18.4 Å². The van der Waals surface area contributed by atoms with Crippen LogP contribution in [0.2, 0.25) is 0 Å². The average Bonchev–Trinajstić information content (AvgIpc) is 3.19. The summed E-state index contributed by atoms with van der Waals surface area (Å²) in [7, 11) is 0. The fourth-order valence-corrected chi connectivity index (χ4v) is 3.55. The zero-order chi connectivity index (χ0) is 20.3. The molecule has 30 heavy (non-hydrogen) atoms. The SMILES string of the molecule is N#Cc1nc(Cc2cccc3ccccc23)oc1N=CC1=Cc2ccccc2OC1. The van der Waals surface area contributed by atoms with Crippen LogP contribution in [-0.2, 0) is 6.42 Å². The van der Waals surface area contributed by atoms with Gasteiger partial charge in [0.25, 0.3) is 5.88 Å². The van der Waals surface area contributed by atoms with Gasteiger partial charge in [0, 0.05) is 17.4 Å². The summed E-state index contributed by atoms with van der Waals surface area (Å²) in [6.45, 7) is 0.416. The third-order valence-corrected chi connectivity index (χ3v) is 4.98. The van der Waals surface area contributed by atoms with E-state index < -0.39 is 0 Å². The van der Waals surface area contributed by atoms with Crippen molar-refractivity contribution in [2.45, 2.75) is 6.42 Å². The van der Waals surface area contributed by atoms with Crippen molar-refractivity contribution >= 4 is 28.9 Å². The lowest BCUT2D eigenvalue weighted by Crippen LogP contribution is -2.07. The van der Waals surface area contributed by atoms with Gasteiger partial charge >= 0.3 is 0 Å². The van der Waals surface area contributed by atoms with Crippen molar-refractivity contribution in [3.8, 4) is 11.8 Å². The number of para-hydroxylation sites is 1. The summed E-state index contributed by atoms with van der Waals surface area (Å²) >= 11 is 0. The smallest absolute Gasteiger partial charge is 0.257 e. The molecule has 0 atom stereocenters. The molecule has 0 unspecified atom stereocenters. The van der Waals surface area contributed by atoms with Crippen molar-refractivity contribution in [2.75, 3.05) is 6.61 Å². The molecule has 0 spiro atoms. The fraction of sp³-hybridized carbons (Fsp3) is 0.0800. The van der Waals surface area contributed by atoms with Crippen molar-refractivity contribution in [1.82, 2.24) is 4.98 Å². The molecule has 3 aromatic carbocycles. The van der Waals surface area contributed by atoms with Crippen LogP contribution in [0.3, 0.4) is 0 Å². The van der Waals surface area contributed by atoms with Crippen molar-refractivity contribution in [1.29, 1.82) is 5.26 Å². The molecule has 0 bridgehead atoms. The summed E-state index contributed by atoms with van der Waals surface area (Å²) in [5.74, 6) is 1.53. The maximum absolute atomic E-state index is 9.45. The molecule has 1 aliphatic heterocycles. The minimum absolute atomic E-state index is 0.180. The Morgan fingerprint density at radius 1 is 1.03 bits per heavy atom. The molecule has 5 nitrogen and oxygen atoms in total. The predicted octanol–water partition coefficient (Wildman–Crippen LogP) is 5.47. The predicted molar refractivity (Wildman–Crippen MR) is 116 cm³/mol. The van der Waals surface area contributed by atoms with E-state index >= 15 is 0 Å². The lowest BCUT2D eigenvalue weighted by Gasteiger charge is -2.15. The van der Waals surface area contributed by atoms with Crippen LogP contribution >= 0.6 is 0 Å². The van der Waals surface area contributed by atoms with Gasteiger partial charge in [0.2, 0.25) is 11.6 Å². The molecule has 0 radical (unpaired) electrons. The average molecular weight is 391 g/mol. The molecule has 0 amide bonds. The van der Waals surface area contributed by atoms with Crippen LogP contribution in [-0.4, -0.2) is 17.8 Å². The normalized spacial score (nSPS) is 13.0. The van der Waals surface area contributed by atoms with Crippen molar-refractivity contribution in [3.63, 3.8) is 0 Å². The van der Waals surface area contributed by atoms with Gasteiger partial charge in [0.05, 0.1) is 6.42 Å². The highest BCUT2D eigenvalue weighted by Gasteiger charge is 2.15. The lowest BCUT2D eigenvalue weighted by atomic mass is 10.0. The van der Waals surface area contributed by atoms with E-state index in [-0.39, 0.29) is 11.6 Å². The summed E-state index contributed by atoms with van der Waals surface area (Å²) in [5.41, 5.74) is 3.16. The van der Waals surface area contributed by atoms with Gasteiger partial charge in [-0.3, -0.25) is 0 Å². The van der Waals surface area contributed by atoms with Gasteiger partial charge in [-0.05, 0) is 28.5 Å². The van der Waals surface area contributed by atoms with Crippen LogP contribution in [0.4, 0.5) is 5.88 Å². The number of rotatable bonds is 4. The van der Waals surface area contributed by atoms with Gasteiger partial charge in [0.15, 0.2) is 0 Å². The van der Waals surface area contributed by atoms with Gasteiger partial charge in [-0.2, -0.15) is 5.26 Å². The van der Waals surface area contributed by atoms with Gasteiger partial charge in [-0.25, -0.2) is 9.98 Å². The van der Waals surface area contributed by atoms with E-state index in [0.29, 0.717) is 18.9 Å². The molecule has 0 saturated heterocycles. The summed E-state index contributed by atoms with van der Waals surface area (Å²) in [6.07, 6.45) is 4.17. The number of nitriles is 1. The van der Waals surface area contributed by atoms with Crippen molar-refractivity contribution in [2.24, 2.45) is 4.99 Å². The first kappa shape index (κ1) is 17.9. The van der Waals surface area contributed by atoms with Gasteiger partial charge in [-0.15, -0.1) is 0 Å². The highest BCUT2D eigenvalue weighted by atomic mass is 16.5. The van der Waals surface area contributed by atoms with Crippen LogP contribution in [0, 0.1) is 11.3 Å². The molecule has 1 aliphatic rings. The summed E-state index contributed by atoms with van der Waals surface area (Å²) in [4.78, 5) is 8.71. The number of fused-ring (bicyclic) bond motifs is 2. The van der Waals surface area contributed by atoms with Gasteiger partial charge in [-0.1, -0.05) is 60.7 Å². The highest BCUT2D eigenvalue weighted by Crippen LogP contribution is 2.27. The molecule has 4 aromatic rings. The number of ether oxygens (including phenoxy) is 1.